The van der Waals surface area contributed by atoms with E-state index in [0.29, 0.717) is 12.1 Å². The van der Waals surface area contributed by atoms with Crippen molar-refractivity contribution < 1.29 is 53.6 Å². The second-order valence-corrected chi connectivity index (χ2v) is 8.81. The van der Waals surface area contributed by atoms with Gasteiger partial charge < -0.3 is 10.4 Å². The molecule has 174 valence electrons. The van der Waals surface area contributed by atoms with Crippen molar-refractivity contribution in [3.8, 4) is 11.1 Å². The van der Waals surface area contributed by atoms with E-state index in [9.17, 15) is 17.4 Å². The molecule has 0 radical (unpaired) electrons. The molecular weight excluding hydrogens is 673 g/mol. The zero-order chi connectivity index (χ0) is 23.3. The van der Waals surface area contributed by atoms with Crippen LogP contribution in [0.2, 0.25) is 0 Å². The Kier molecular flexibility index (Phi) is 10.7. The first kappa shape index (κ1) is 27.7. The van der Waals surface area contributed by atoms with Crippen LogP contribution in [0, 0.1) is 48.6 Å². The average Bonchev–Trinajstić information content (AvgIpc) is 3.44. The van der Waals surface area contributed by atoms with Gasteiger partial charge in [0.05, 0.1) is 15.7 Å². The molecule has 3 aromatic carbocycles. The number of aryl methyl sites for hydroxylation is 2. The normalized spacial score (nSPS) is 13.8. The Balaban J connectivity index is 0.000000218. The number of halogens is 3. The molecule has 3 aromatic rings. The van der Waals surface area contributed by atoms with Crippen molar-refractivity contribution in [2.24, 2.45) is 0 Å². The smallest absolute Gasteiger partial charge is 0.139 e. The first-order chi connectivity index (χ1) is 15.4. The van der Waals surface area contributed by atoms with Crippen LogP contribution in [0.25, 0.3) is 16.4 Å². The fourth-order valence-corrected chi connectivity index (χ4v) is 4.52. The molecule has 1 heterocycles. The Morgan fingerprint density at radius 1 is 0.848 bits per heavy atom. The topological polar surface area (TPSA) is 51.4 Å². The van der Waals surface area contributed by atoms with Crippen molar-refractivity contribution in [1.29, 1.82) is 0 Å². The summed E-state index contributed by atoms with van der Waals surface area (Å²) < 4.78 is 51.1. The van der Waals surface area contributed by atoms with E-state index in [-0.39, 0.29) is 47.6 Å². The summed E-state index contributed by atoms with van der Waals surface area (Å²) in [5.74, 6) is -1.15. The second-order valence-electron chi connectivity index (χ2n) is 7.46. The van der Waals surface area contributed by atoms with Crippen molar-refractivity contribution in [3.63, 3.8) is 0 Å². The van der Waals surface area contributed by atoms with E-state index in [1.54, 1.807) is 6.07 Å². The molecule has 33 heavy (non-hydrogen) atoms. The van der Waals surface area contributed by atoms with Gasteiger partial charge in [0.15, 0.2) is 0 Å². The van der Waals surface area contributed by atoms with Gasteiger partial charge in [-0.05, 0) is 66.6 Å². The van der Waals surface area contributed by atoms with Gasteiger partial charge in [-0.15, -0.1) is 12.2 Å². The minimum atomic E-state index is -1.27. The van der Waals surface area contributed by atoms with Crippen LogP contribution < -0.4 is 0 Å². The van der Waals surface area contributed by atoms with Gasteiger partial charge in [-0.2, -0.15) is 0 Å². The van der Waals surface area contributed by atoms with E-state index < -0.39 is 16.6 Å². The van der Waals surface area contributed by atoms with E-state index in [4.69, 9.17) is 5.11 Å². The minimum Gasteiger partial charge on any atom is -0.684 e. The number of hydrogen-bond acceptors (Lipinski definition) is 2. The molecule has 1 N–H and O–H groups in total. The summed E-state index contributed by atoms with van der Waals surface area (Å²) in [6.45, 7) is 0.717. The number of hydrogen-bond donors (Lipinski definition) is 1. The molecule has 0 amide bonds. The molecule has 0 saturated carbocycles. The third-order valence-corrected chi connectivity index (χ3v) is 6.38. The van der Waals surface area contributed by atoms with Crippen LogP contribution in [-0.4, -0.2) is 29.2 Å². The molecule has 0 saturated heterocycles. The van der Waals surface area contributed by atoms with E-state index in [1.165, 1.54) is 35.6 Å². The maximum Gasteiger partial charge on any atom is 0.139 e. The Morgan fingerprint density at radius 3 is 2.30 bits per heavy atom. The number of aliphatic hydroxyl groups excluding tert-OH is 1. The van der Waals surface area contributed by atoms with E-state index in [2.05, 4.69) is 5.32 Å². The molecule has 2 aliphatic rings. The Bertz CT molecular complexity index is 1140. The van der Waals surface area contributed by atoms with Gasteiger partial charge in [0.1, 0.15) is 17.5 Å². The first-order valence-corrected chi connectivity index (χ1v) is 11.8. The molecule has 3 nitrogen and oxygen atoms in total. The predicted octanol–water partition coefficient (Wildman–Crippen LogP) is 5.85. The number of aliphatic hydroxyl groups is 1. The van der Waals surface area contributed by atoms with Crippen LogP contribution in [0.3, 0.4) is 0 Å². The number of fused-ring (bicyclic) bond motifs is 2. The molecule has 1 aliphatic heterocycles. The molecule has 0 fully saturated rings. The molecule has 5 rings (SSSR count). The average molecular weight is 699 g/mol. The Labute approximate surface area is 218 Å². The second kappa shape index (κ2) is 12.8. The van der Waals surface area contributed by atoms with Gasteiger partial charge in [-0.25, -0.2) is 13.2 Å². The van der Waals surface area contributed by atoms with Crippen LogP contribution >= 0.6 is 0 Å². The van der Waals surface area contributed by atoms with Crippen molar-refractivity contribution in [2.75, 3.05) is 19.9 Å². The molecule has 0 spiro atoms. The quantitative estimate of drug-likeness (QED) is 0.365. The van der Waals surface area contributed by atoms with Gasteiger partial charge in [0.2, 0.25) is 0 Å². The van der Waals surface area contributed by atoms with Crippen LogP contribution in [0.1, 0.15) is 23.1 Å². The summed E-state index contributed by atoms with van der Waals surface area (Å²) >= 11 is 0. The monoisotopic (exact) mass is 698 g/mol. The maximum atomic E-state index is 13.6. The third kappa shape index (κ3) is 6.73. The summed E-state index contributed by atoms with van der Waals surface area (Å²) in [4.78, 5) is 0.254. The molecule has 1 atom stereocenters. The molecular formula is C25H25F3NO2SU-. The number of rotatable bonds is 2. The fourth-order valence-electron chi connectivity index (χ4n) is 3.91. The zero-order valence-corrected chi connectivity index (χ0v) is 23.5. The zero-order valence-electron chi connectivity index (χ0n) is 18.5. The van der Waals surface area contributed by atoms with Crippen LogP contribution in [0.5, 0.6) is 0 Å². The summed E-state index contributed by atoms with van der Waals surface area (Å²) in [5.41, 5.74) is 5.44. The summed E-state index contributed by atoms with van der Waals surface area (Å²) in [5, 5.41) is 11.2. The van der Waals surface area contributed by atoms with Gasteiger partial charge in [0.25, 0.3) is 0 Å². The van der Waals surface area contributed by atoms with E-state index in [0.717, 1.165) is 55.7 Å². The van der Waals surface area contributed by atoms with Crippen molar-refractivity contribution in [2.45, 2.75) is 30.6 Å². The van der Waals surface area contributed by atoms with Crippen LogP contribution in [0.15, 0.2) is 53.4 Å². The van der Waals surface area contributed by atoms with Gasteiger partial charge >= 0.3 is 0 Å². The van der Waals surface area contributed by atoms with Crippen LogP contribution in [0.4, 0.5) is 18.9 Å². The van der Waals surface area contributed by atoms with Gasteiger partial charge in [-0.3, -0.25) is 4.21 Å². The largest absolute Gasteiger partial charge is 0.684 e. The Hall–Kier alpha value is -1.59. The fraction of sp³-hybridized carbons (Fsp3) is 0.280. The number of nitrogens with zero attached hydrogens (tertiary/aromatic N) is 1. The van der Waals surface area contributed by atoms with Gasteiger partial charge in [0, 0.05) is 50.0 Å². The van der Waals surface area contributed by atoms with E-state index in [1.807, 2.05) is 18.2 Å². The summed E-state index contributed by atoms with van der Waals surface area (Å²) in [7, 11) is -0.268. The minimum absolute atomic E-state index is 0. The van der Waals surface area contributed by atoms with Gasteiger partial charge in [-0.1, -0.05) is 29.8 Å². The Morgan fingerprint density at radius 2 is 1.58 bits per heavy atom. The standard InChI is InChI=1S/C15H12F2.C9H9FNOS.CH4O.U/c16-13-6-7-15(17)14(9-13)12-5-4-10-2-1-3-11(10)8-12;1-13(12)9-5-8-6(2-3-11-8)4-7(9)10;1-2;/h4-9H,1-3H2;4-5H,2-3H2,1H3;2H,1H3;/q;-1;;. The molecule has 0 bridgehead atoms. The van der Waals surface area contributed by atoms with E-state index >= 15 is 0 Å². The third-order valence-electron chi connectivity index (χ3n) is 5.44. The molecule has 0 aromatic heterocycles. The van der Waals surface area contributed by atoms with Crippen molar-refractivity contribution in [1.82, 2.24) is 0 Å². The van der Waals surface area contributed by atoms with Crippen molar-refractivity contribution in [3.05, 3.63) is 88.0 Å². The molecule has 8 heteroatoms. The summed E-state index contributed by atoms with van der Waals surface area (Å²) in [6.07, 6.45) is 5.56. The summed E-state index contributed by atoms with van der Waals surface area (Å²) in [6, 6.07) is 12.5. The predicted molar refractivity (Wildman–Crippen MR) is 122 cm³/mol. The number of benzene rings is 3. The molecule has 1 aliphatic carbocycles. The molecule has 1 unspecified atom stereocenters. The van der Waals surface area contributed by atoms with Crippen LogP contribution in [-0.2, 0) is 30.1 Å². The SMILES string of the molecule is CO.CS(=O)c1cc2c(cc1F)CC[N-]2.Fc1ccc(F)c(-c2ccc3c(c2)CCC3)c1.[U]. The van der Waals surface area contributed by atoms with Crippen molar-refractivity contribution >= 4 is 16.5 Å². The first-order valence-electron chi connectivity index (χ1n) is 10.3. The maximum absolute atomic E-state index is 13.6.